The Bertz CT molecular complexity index is 1160. The molecule has 2 heterocycles. The van der Waals surface area contributed by atoms with Gasteiger partial charge < -0.3 is 20.0 Å². The Morgan fingerprint density at radius 3 is 2.39 bits per heavy atom. The molecule has 2 aromatic rings. The summed E-state index contributed by atoms with van der Waals surface area (Å²) < 4.78 is 0. The van der Waals surface area contributed by atoms with Crippen LogP contribution in [0.2, 0.25) is 0 Å². The van der Waals surface area contributed by atoms with Crippen molar-refractivity contribution in [3.05, 3.63) is 48.2 Å². The van der Waals surface area contributed by atoms with E-state index in [1.165, 1.54) is 17.8 Å². The molecule has 1 spiro atoms. The summed E-state index contributed by atoms with van der Waals surface area (Å²) in [7, 11) is 4.25. The van der Waals surface area contributed by atoms with Crippen molar-refractivity contribution in [2.75, 3.05) is 39.0 Å². The van der Waals surface area contributed by atoms with Gasteiger partial charge in [-0.1, -0.05) is 30.3 Å². The first-order valence-electron chi connectivity index (χ1n) is 13.5. The van der Waals surface area contributed by atoms with E-state index in [-0.39, 0.29) is 47.8 Å². The van der Waals surface area contributed by atoms with Gasteiger partial charge in [0.1, 0.15) is 0 Å². The first kappa shape index (κ1) is 26.4. The van der Waals surface area contributed by atoms with Crippen molar-refractivity contribution in [1.29, 1.82) is 0 Å². The summed E-state index contributed by atoms with van der Waals surface area (Å²) in [4.78, 5) is 40.0. The zero-order valence-corrected chi connectivity index (χ0v) is 22.3. The van der Waals surface area contributed by atoms with Crippen LogP contribution in [0.1, 0.15) is 56.9 Å². The van der Waals surface area contributed by atoms with Crippen molar-refractivity contribution in [2.24, 2.45) is 0 Å². The second-order valence-corrected chi connectivity index (χ2v) is 11.4. The molecule has 1 aromatic heterocycles. The monoisotopic (exact) mass is 522 g/mol. The van der Waals surface area contributed by atoms with Crippen LogP contribution in [0.15, 0.2) is 42.6 Å². The fourth-order valence-electron chi connectivity index (χ4n) is 6.46. The van der Waals surface area contributed by atoms with Gasteiger partial charge >= 0.3 is 6.03 Å². The summed E-state index contributed by atoms with van der Waals surface area (Å²) in [5.41, 5.74) is -0.0147. The van der Waals surface area contributed by atoms with Crippen molar-refractivity contribution in [3.63, 3.8) is 0 Å². The van der Waals surface area contributed by atoms with E-state index >= 15 is 0 Å². The number of carbonyl (C=O) groups is 2. The molecule has 5 rings (SSSR count). The smallest absolute Gasteiger partial charge is 0.320 e. The number of carbonyl (C=O) groups excluding carboxylic acids is 2. The molecule has 3 aliphatic rings. The molecule has 10 heteroatoms. The quantitative estimate of drug-likeness (QED) is 0.487. The van der Waals surface area contributed by atoms with Crippen molar-refractivity contribution in [3.8, 4) is 5.88 Å². The minimum atomic E-state index is -0.821. The second kappa shape index (κ2) is 10.1. The highest BCUT2D eigenvalue weighted by Gasteiger charge is 2.56. The number of aromatic hydroxyl groups is 1. The van der Waals surface area contributed by atoms with Crippen LogP contribution in [0.5, 0.6) is 5.88 Å². The molecule has 3 N–H and O–H groups in total. The van der Waals surface area contributed by atoms with E-state index in [2.05, 4.69) is 58.5 Å². The number of nitrogens with zero attached hydrogens (tertiary/aromatic N) is 5. The highest BCUT2D eigenvalue weighted by molar-refractivity contribution is 5.89. The zero-order valence-electron chi connectivity index (χ0n) is 22.3. The first-order chi connectivity index (χ1) is 18.1. The fourth-order valence-corrected chi connectivity index (χ4v) is 6.46. The number of hydrogen-bond donors (Lipinski definition) is 3. The van der Waals surface area contributed by atoms with Gasteiger partial charge in [-0.2, -0.15) is 4.98 Å². The Morgan fingerprint density at radius 2 is 1.79 bits per heavy atom. The maximum atomic E-state index is 13.7. The molecule has 3 fully saturated rings. The molecule has 0 radical (unpaired) electrons. The molecule has 1 aromatic carbocycles. The molecule has 10 nitrogen and oxygen atoms in total. The van der Waals surface area contributed by atoms with Gasteiger partial charge in [-0.15, -0.1) is 0 Å². The minimum absolute atomic E-state index is 0.0290. The summed E-state index contributed by atoms with van der Waals surface area (Å²) in [5, 5.41) is 23.1. The molecule has 0 atom stereocenters. The SMILES string of the molecule is CN(C)[C@]1(c2ccccc2)CC[C@]2(CC1)CN(CCC(=O)Nc1nccc(O)n1)C(=O)N2CC1(O)CCC1. The van der Waals surface area contributed by atoms with Crippen LogP contribution in [0.25, 0.3) is 0 Å². The number of aromatic nitrogens is 2. The van der Waals surface area contributed by atoms with Crippen LogP contribution in [-0.2, 0) is 10.3 Å². The second-order valence-electron chi connectivity index (χ2n) is 11.4. The number of amides is 3. The van der Waals surface area contributed by atoms with E-state index in [9.17, 15) is 19.8 Å². The van der Waals surface area contributed by atoms with Crippen LogP contribution in [0, 0.1) is 0 Å². The van der Waals surface area contributed by atoms with Gasteiger partial charge in [-0.3, -0.25) is 15.0 Å². The lowest BCUT2D eigenvalue weighted by molar-refractivity contribution is -0.116. The third-order valence-electron chi connectivity index (χ3n) is 8.97. The average Bonchev–Trinajstić information content (AvgIpc) is 3.13. The lowest BCUT2D eigenvalue weighted by atomic mass is 9.67. The van der Waals surface area contributed by atoms with E-state index in [4.69, 9.17) is 0 Å². The molecular formula is C28H38N6O4. The topological polar surface area (TPSA) is 122 Å². The Kier molecular flexibility index (Phi) is 7.04. The molecule has 3 amide bonds. The molecule has 0 unspecified atom stereocenters. The summed E-state index contributed by atoms with van der Waals surface area (Å²) in [5.74, 6) is -0.521. The number of urea groups is 1. The van der Waals surface area contributed by atoms with Gasteiger partial charge in [0, 0.05) is 37.3 Å². The van der Waals surface area contributed by atoms with E-state index in [0.29, 0.717) is 25.9 Å². The van der Waals surface area contributed by atoms with E-state index in [1.54, 1.807) is 4.90 Å². The summed E-state index contributed by atoms with van der Waals surface area (Å²) in [6, 6.07) is 11.8. The van der Waals surface area contributed by atoms with Crippen LogP contribution < -0.4 is 5.32 Å². The number of nitrogens with one attached hydrogen (secondary N) is 1. The summed E-state index contributed by atoms with van der Waals surface area (Å²) in [6.07, 6.45) is 7.29. The Hall–Kier alpha value is -3.24. The molecule has 1 saturated heterocycles. The van der Waals surface area contributed by atoms with Crippen molar-refractivity contribution < 1.29 is 19.8 Å². The zero-order chi connectivity index (χ0) is 27.0. The fraction of sp³-hybridized carbons (Fsp3) is 0.571. The Balaban J connectivity index is 1.31. The number of aliphatic hydroxyl groups is 1. The van der Waals surface area contributed by atoms with Crippen LogP contribution in [0.3, 0.4) is 0 Å². The van der Waals surface area contributed by atoms with Crippen molar-refractivity contribution >= 4 is 17.9 Å². The standard InChI is InChI=1S/C28H38N6O4/c1-32(2)28(21-7-4-3-5-8-21)15-13-26(14-16-28)19-33(25(37)34(26)20-27(38)11-6-12-27)18-10-23(36)31-24-29-17-9-22(35)30-24/h3-5,7-9,17,38H,6,10-16,18-20H2,1-2H3,(H2,29,30,31,35,36)/t26-,28+. The van der Waals surface area contributed by atoms with Crippen LogP contribution in [-0.4, -0.2) is 91.7 Å². The number of hydrogen-bond acceptors (Lipinski definition) is 7. The first-order valence-corrected chi connectivity index (χ1v) is 13.5. The van der Waals surface area contributed by atoms with Crippen molar-refractivity contribution in [1.82, 2.24) is 24.7 Å². The number of rotatable bonds is 8. The predicted octanol–water partition coefficient (Wildman–Crippen LogP) is 2.93. The summed E-state index contributed by atoms with van der Waals surface area (Å²) >= 11 is 0. The van der Waals surface area contributed by atoms with Crippen molar-refractivity contribution in [2.45, 2.75) is 68.0 Å². The minimum Gasteiger partial charge on any atom is -0.493 e. The van der Waals surface area contributed by atoms with Gasteiger partial charge in [-0.05, 0) is 64.6 Å². The maximum Gasteiger partial charge on any atom is 0.320 e. The van der Waals surface area contributed by atoms with E-state index < -0.39 is 5.60 Å². The lowest BCUT2D eigenvalue weighted by Crippen LogP contribution is -2.59. The van der Waals surface area contributed by atoms with Gasteiger partial charge in [-0.25, -0.2) is 9.78 Å². The molecule has 2 aliphatic carbocycles. The molecular weight excluding hydrogens is 484 g/mol. The highest BCUT2D eigenvalue weighted by Crippen LogP contribution is 2.50. The highest BCUT2D eigenvalue weighted by atomic mass is 16.3. The van der Waals surface area contributed by atoms with Gasteiger partial charge in [0.05, 0.1) is 17.7 Å². The third kappa shape index (κ3) is 4.94. The molecule has 1 aliphatic heterocycles. The molecule has 38 heavy (non-hydrogen) atoms. The van der Waals surface area contributed by atoms with E-state index in [1.807, 2.05) is 11.0 Å². The maximum absolute atomic E-state index is 13.7. The Morgan fingerprint density at radius 1 is 1.08 bits per heavy atom. The van der Waals surface area contributed by atoms with E-state index in [0.717, 1.165) is 32.1 Å². The number of anilines is 1. The third-order valence-corrected chi connectivity index (χ3v) is 8.97. The lowest BCUT2D eigenvalue weighted by Gasteiger charge is -2.52. The largest absolute Gasteiger partial charge is 0.493 e. The number of β-amino-alcohol motifs (C(OH)–C–C–N with tert-alkyl or cyclic N) is 1. The predicted molar refractivity (Wildman–Crippen MR) is 142 cm³/mol. The van der Waals surface area contributed by atoms with Crippen LogP contribution in [0.4, 0.5) is 10.7 Å². The van der Waals surface area contributed by atoms with Gasteiger partial charge in [0.2, 0.25) is 17.7 Å². The molecule has 204 valence electrons. The van der Waals surface area contributed by atoms with Gasteiger partial charge in [0.25, 0.3) is 0 Å². The van der Waals surface area contributed by atoms with Crippen LogP contribution >= 0.6 is 0 Å². The summed E-state index contributed by atoms with van der Waals surface area (Å²) in [6.45, 7) is 1.14. The molecule has 0 bridgehead atoms. The van der Waals surface area contributed by atoms with Gasteiger partial charge in [0.15, 0.2) is 0 Å². The molecule has 2 saturated carbocycles. The number of benzene rings is 1. The Labute approximate surface area is 223 Å². The average molecular weight is 523 g/mol. The normalized spacial score (nSPS) is 26.6.